The van der Waals surface area contributed by atoms with E-state index in [1.54, 1.807) is 26.8 Å². The molecule has 0 amide bonds. The number of nitrogens with zero attached hydrogens (tertiary/aromatic N) is 2. The van der Waals surface area contributed by atoms with E-state index < -0.39 is 16.6 Å². The van der Waals surface area contributed by atoms with Gasteiger partial charge in [-0.05, 0) is 18.4 Å². The summed E-state index contributed by atoms with van der Waals surface area (Å²) in [5.41, 5.74) is 0.332. The predicted octanol–water partition coefficient (Wildman–Crippen LogP) is 2.88. The first-order valence-electron chi connectivity index (χ1n) is 5.58. The van der Waals surface area contributed by atoms with E-state index >= 15 is 0 Å². The van der Waals surface area contributed by atoms with E-state index in [2.05, 4.69) is 0 Å². The Bertz CT molecular complexity index is 530. The van der Waals surface area contributed by atoms with Crippen molar-refractivity contribution in [3.63, 3.8) is 0 Å². The molecule has 1 aromatic rings. The van der Waals surface area contributed by atoms with Crippen LogP contribution < -0.4 is 0 Å². The number of benzene rings is 1. The second-order valence-electron chi connectivity index (χ2n) is 4.44. The molecular formula is C13H14N2O3. The molecule has 0 saturated carbocycles. The normalized spacial score (nSPS) is 11.9. The summed E-state index contributed by atoms with van der Waals surface area (Å²) >= 11 is 0. The first-order chi connectivity index (χ1) is 8.40. The van der Waals surface area contributed by atoms with Gasteiger partial charge < -0.3 is 0 Å². The van der Waals surface area contributed by atoms with Gasteiger partial charge >= 0.3 is 0 Å². The number of nitriles is 1. The average Bonchev–Trinajstić information content (AvgIpc) is 2.28. The van der Waals surface area contributed by atoms with Crippen LogP contribution in [0.4, 0.5) is 5.69 Å². The van der Waals surface area contributed by atoms with Crippen molar-refractivity contribution >= 4 is 11.5 Å². The van der Waals surface area contributed by atoms with Crippen LogP contribution in [0.15, 0.2) is 18.2 Å². The lowest BCUT2D eigenvalue weighted by atomic mass is 9.87. The number of carbonyl (C=O) groups excluding carboxylic acids is 1. The van der Waals surface area contributed by atoms with Crippen molar-refractivity contribution in [1.29, 1.82) is 5.26 Å². The van der Waals surface area contributed by atoms with Crippen molar-refractivity contribution < 1.29 is 9.72 Å². The fourth-order valence-corrected chi connectivity index (χ4v) is 1.79. The Balaban J connectivity index is 3.37. The van der Waals surface area contributed by atoms with Gasteiger partial charge in [-0.2, -0.15) is 5.26 Å². The second-order valence-corrected chi connectivity index (χ2v) is 4.44. The maximum Gasteiger partial charge on any atom is 0.280 e. The molecule has 0 aliphatic heterocycles. The minimum atomic E-state index is -0.857. The molecule has 94 valence electrons. The van der Waals surface area contributed by atoms with Gasteiger partial charge in [-0.25, -0.2) is 0 Å². The van der Waals surface area contributed by atoms with Gasteiger partial charge in [0.05, 0.1) is 16.6 Å². The second kappa shape index (κ2) is 5.41. The van der Waals surface area contributed by atoms with Crippen molar-refractivity contribution in [3.05, 3.63) is 39.4 Å². The molecule has 0 heterocycles. The number of hydrogen-bond donors (Lipinski definition) is 0. The molecule has 0 radical (unpaired) electrons. The van der Waals surface area contributed by atoms with Gasteiger partial charge in [-0.1, -0.05) is 26.0 Å². The van der Waals surface area contributed by atoms with Crippen molar-refractivity contribution in [2.24, 2.45) is 11.8 Å². The Hall–Kier alpha value is -2.22. The van der Waals surface area contributed by atoms with Gasteiger partial charge in [-0.3, -0.25) is 14.9 Å². The molecule has 1 atom stereocenters. The van der Waals surface area contributed by atoms with Gasteiger partial charge in [0.15, 0.2) is 5.78 Å². The van der Waals surface area contributed by atoms with Crippen molar-refractivity contribution in [2.75, 3.05) is 0 Å². The molecule has 0 bridgehead atoms. The maximum atomic E-state index is 12.2. The molecule has 1 rings (SSSR count). The highest BCUT2D eigenvalue weighted by atomic mass is 16.6. The number of nitro groups is 1. The minimum Gasteiger partial charge on any atom is -0.292 e. The van der Waals surface area contributed by atoms with E-state index in [4.69, 9.17) is 5.26 Å². The van der Waals surface area contributed by atoms with E-state index in [0.717, 1.165) is 0 Å². The number of carbonyl (C=O) groups is 1. The Labute approximate surface area is 105 Å². The summed E-state index contributed by atoms with van der Waals surface area (Å²) in [5.74, 6) is -1.51. The number of rotatable bonds is 4. The molecule has 1 unspecified atom stereocenters. The first-order valence-corrected chi connectivity index (χ1v) is 5.58. The molecule has 0 aliphatic carbocycles. The van der Waals surface area contributed by atoms with Gasteiger partial charge in [0.25, 0.3) is 5.69 Å². The maximum absolute atomic E-state index is 12.2. The van der Waals surface area contributed by atoms with Crippen LogP contribution in [0.1, 0.15) is 29.8 Å². The number of hydrogen-bond acceptors (Lipinski definition) is 4. The highest BCUT2D eigenvalue weighted by molar-refractivity contribution is 6.04. The summed E-state index contributed by atoms with van der Waals surface area (Å²) in [4.78, 5) is 22.6. The van der Waals surface area contributed by atoms with Crippen molar-refractivity contribution in [2.45, 2.75) is 20.8 Å². The SMILES string of the molecule is Cc1cccc([N+](=O)[O-])c1C(=O)C(C#N)C(C)C. The van der Waals surface area contributed by atoms with E-state index in [-0.39, 0.29) is 17.2 Å². The highest BCUT2D eigenvalue weighted by Gasteiger charge is 2.30. The topological polar surface area (TPSA) is 84.0 Å². The standard InChI is InChI=1S/C13H14N2O3/c1-8(2)10(7-14)13(16)12-9(3)5-4-6-11(12)15(17)18/h4-6,8,10H,1-3H3. The zero-order valence-electron chi connectivity index (χ0n) is 10.5. The first kappa shape index (κ1) is 13.8. The predicted molar refractivity (Wildman–Crippen MR) is 66.1 cm³/mol. The van der Waals surface area contributed by atoms with Crippen LogP contribution in [0.25, 0.3) is 0 Å². The largest absolute Gasteiger partial charge is 0.292 e. The molecular weight excluding hydrogens is 232 g/mol. The number of Topliss-reactive ketones (excluding diaryl/α,β-unsaturated/α-hetero) is 1. The summed E-state index contributed by atoms with van der Waals surface area (Å²) in [6, 6.07) is 6.37. The molecule has 0 aliphatic rings. The van der Waals surface area contributed by atoms with Crippen LogP contribution in [0.3, 0.4) is 0 Å². The number of aryl methyl sites for hydroxylation is 1. The molecule has 1 aromatic carbocycles. The van der Waals surface area contributed by atoms with E-state index in [0.29, 0.717) is 5.56 Å². The van der Waals surface area contributed by atoms with Crippen LogP contribution in [-0.2, 0) is 0 Å². The Morgan fingerprint density at radius 1 is 1.44 bits per heavy atom. The van der Waals surface area contributed by atoms with Crippen molar-refractivity contribution in [1.82, 2.24) is 0 Å². The lowest BCUT2D eigenvalue weighted by molar-refractivity contribution is -0.385. The Kier molecular flexibility index (Phi) is 4.16. The van der Waals surface area contributed by atoms with Gasteiger partial charge in [0.2, 0.25) is 0 Å². The summed E-state index contributed by atoms with van der Waals surface area (Å²) in [7, 11) is 0. The van der Waals surface area contributed by atoms with Gasteiger partial charge in [0.1, 0.15) is 5.92 Å². The summed E-state index contributed by atoms with van der Waals surface area (Å²) < 4.78 is 0. The average molecular weight is 246 g/mol. The Morgan fingerprint density at radius 3 is 2.50 bits per heavy atom. The molecule has 0 spiro atoms. The smallest absolute Gasteiger partial charge is 0.280 e. The summed E-state index contributed by atoms with van der Waals surface area (Å²) in [5, 5.41) is 19.9. The van der Waals surface area contributed by atoms with Crippen LogP contribution in [-0.4, -0.2) is 10.7 Å². The van der Waals surface area contributed by atoms with Gasteiger partial charge in [-0.15, -0.1) is 0 Å². The highest BCUT2D eigenvalue weighted by Crippen LogP contribution is 2.27. The third-order valence-electron chi connectivity index (χ3n) is 2.78. The fraction of sp³-hybridized carbons (Fsp3) is 0.385. The van der Waals surface area contributed by atoms with E-state index in [1.165, 1.54) is 12.1 Å². The Morgan fingerprint density at radius 2 is 2.06 bits per heavy atom. The molecule has 5 heteroatoms. The van der Waals surface area contributed by atoms with Crippen LogP contribution >= 0.6 is 0 Å². The lowest BCUT2D eigenvalue weighted by Gasteiger charge is -2.13. The lowest BCUT2D eigenvalue weighted by Crippen LogP contribution is -2.20. The number of nitro benzene ring substituents is 1. The third-order valence-corrected chi connectivity index (χ3v) is 2.78. The molecule has 0 aromatic heterocycles. The molecule has 18 heavy (non-hydrogen) atoms. The van der Waals surface area contributed by atoms with E-state index in [1.807, 2.05) is 6.07 Å². The molecule has 0 saturated heterocycles. The zero-order valence-corrected chi connectivity index (χ0v) is 10.5. The van der Waals surface area contributed by atoms with Crippen LogP contribution in [0, 0.1) is 40.2 Å². The third kappa shape index (κ3) is 2.54. The summed E-state index contributed by atoms with van der Waals surface area (Å²) in [6.45, 7) is 5.13. The van der Waals surface area contributed by atoms with Gasteiger partial charge in [0, 0.05) is 6.07 Å². The summed E-state index contributed by atoms with van der Waals surface area (Å²) in [6.07, 6.45) is 0. The van der Waals surface area contributed by atoms with Crippen molar-refractivity contribution in [3.8, 4) is 6.07 Å². The number of ketones is 1. The van der Waals surface area contributed by atoms with Crippen LogP contribution in [0.5, 0.6) is 0 Å². The molecule has 5 nitrogen and oxygen atoms in total. The molecule has 0 N–H and O–H groups in total. The van der Waals surface area contributed by atoms with E-state index in [9.17, 15) is 14.9 Å². The quantitative estimate of drug-likeness (QED) is 0.464. The zero-order chi connectivity index (χ0) is 13.9. The fourth-order valence-electron chi connectivity index (χ4n) is 1.79. The molecule has 0 fully saturated rings. The monoisotopic (exact) mass is 246 g/mol. The van der Waals surface area contributed by atoms with Crippen LogP contribution in [0.2, 0.25) is 0 Å². The minimum absolute atomic E-state index is 0.0442.